The fourth-order valence-corrected chi connectivity index (χ4v) is 0.398. The number of hydrogen-bond donors (Lipinski definition) is 2. The average Bonchev–Trinajstić information content (AvgIpc) is 2.29. The van der Waals surface area contributed by atoms with Crippen LogP contribution in [0.2, 0.25) is 0 Å². The Labute approximate surface area is 98.1 Å². The molecule has 0 fully saturated rings. The minimum absolute atomic E-state index is 0.0278. The Morgan fingerprint density at radius 1 is 0.688 bits per heavy atom. The quantitative estimate of drug-likeness (QED) is 0.588. The summed E-state index contributed by atoms with van der Waals surface area (Å²) < 4.78 is 18.2. The lowest BCUT2D eigenvalue weighted by molar-refractivity contribution is 0.0650. The molecule has 0 atom stereocenters. The van der Waals surface area contributed by atoms with Crippen molar-refractivity contribution in [2.24, 2.45) is 0 Å². The number of rotatable bonds is 7. The molecule has 6 nitrogen and oxygen atoms in total. The molecule has 2 N–H and O–H groups in total. The molecule has 0 aromatic rings. The molecule has 0 spiro atoms. The zero-order valence-electron chi connectivity index (χ0n) is 10.8. The van der Waals surface area contributed by atoms with E-state index < -0.39 is 0 Å². The topological polar surface area (TPSA) is 77.4 Å². The molecule has 0 heterocycles. The van der Waals surface area contributed by atoms with Crippen LogP contribution >= 0.6 is 0 Å². The molecule has 0 unspecified atom stereocenters. The van der Waals surface area contributed by atoms with Crippen molar-refractivity contribution in [2.75, 3.05) is 68.1 Å². The normalized spacial score (nSPS) is 8.62. The van der Waals surface area contributed by atoms with Crippen molar-refractivity contribution in [1.82, 2.24) is 0 Å². The fraction of sp³-hybridized carbons (Fsp3) is 1.00. The van der Waals surface area contributed by atoms with E-state index in [4.69, 9.17) is 10.2 Å². The van der Waals surface area contributed by atoms with Gasteiger partial charge in [-0.05, 0) is 0 Å². The molecule has 0 amide bonds. The minimum atomic E-state index is 0.0278. The third-order valence-corrected chi connectivity index (χ3v) is 0.963. The van der Waals surface area contributed by atoms with E-state index in [2.05, 4.69) is 18.9 Å². The van der Waals surface area contributed by atoms with Crippen molar-refractivity contribution in [3.8, 4) is 0 Å². The first-order valence-corrected chi connectivity index (χ1v) is 4.92. The Hall–Kier alpha value is -0.240. The Kier molecular flexibility index (Phi) is 38.7. The third kappa shape index (κ3) is 49.0. The molecule has 0 bridgehead atoms. The molecule has 0 aliphatic carbocycles. The van der Waals surface area contributed by atoms with Crippen LogP contribution in [0.25, 0.3) is 0 Å². The summed E-state index contributed by atoms with van der Waals surface area (Å²) in [6.07, 6.45) is 0. The van der Waals surface area contributed by atoms with Gasteiger partial charge in [-0.15, -0.1) is 0 Å². The maximum absolute atomic E-state index is 8.09. The summed E-state index contributed by atoms with van der Waals surface area (Å²) in [5, 5.41) is 16.2. The van der Waals surface area contributed by atoms with Crippen molar-refractivity contribution in [3.05, 3.63) is 0 Å². The Morgan fingerprint density at radius 3 is 1.19 bits per heavy atom. The number of ether oxygens (including phenoxy) is 4. The highest BCUT2D eigenvalue weighted by Crippen LogP contribution is 1.68. The second-order valence-corrected chi connectivity index (χ2v) is 2.45. The second-order valence-electron chi connectivity index (χ2n) is 2.45. The predicted octanol–water partition coefficient (Wildman–Crippen LogP) is -0.471. The summed E-state index contributed by atoms with van der Waals surface area (Å²) >= 11 is 0. The van der Waals surface area contributed by atoms with Gasteiger partial charge in [0.2, 0.25) is 0 Å². The lowest BCUT2D eigenvalue weighted by Gasteiger charge is -1.94. The first-order valence-electron chi connectivity index (χ1n) is 4.92. The molecule has 0 saturated heterocycles. The summed E-state index contributed by atoms with van der Waals surface area (Å²) in [6, 6.07) is 0. The molecule has 102 valence electrons. The van der Waals surface area contributed by atoms with Gasteiger partial charge >= 0.3 is 0 Å². The van der Waals surface area contributed by atoms with E-state index in [1.165, 1.54) is 0 Å². The first kappa shape index (κ1) is 21.1. The monoisotopic (exact) mass is 242 g/mol. The lowest BCUT2D eigenvalue weighted by Crippen LogP contribution is -2.03. The molecule has 16 heavy (non-hydrogen) atoms. The van der Waals surface area contributed by atoms with Crippen molar-refractivity contribution in [2.45, 2.75) is 0 Å². The molecular weight excluding hydrogens is 216 g/mol. The van der Waals surface area contributed by atoms with Crippen molar-refractivity contribution in [1.29, 1.82) is 0 Å². The van der Waals surface area contributed by atoms with Gasteiger partial charge in [-0.3, -0.25) is 0 Å². The standard InChI is InChI=1S/C4H10O3.C4H10O2.C2H6O/c5-1-3-7-4-2-6;1-5-3-4-6-2;1-3-2/h5-6H,1-4H2;3-4H2,1-2H3;1-2H3. The largest absolute Gasteiger partial charge is 0.394 e. The Balaban J connectivity index is -0.000000172. The molecular formula is C10H26O6. The highest BCUT2D eigenvalue weighted by atomic mass is 16.5. The summed E-state index contributed by atoms with van der Waals surface area (Å²) in [7, 11) is 6.55. The van der Waals surface area contributed by atoms with Gasteiger partial charge in [0.05, 0.1) is 39.6 Å². The van der Waals surface area contributed by atoms with Gasteiger partial charge in [0.15, 0.2) is 0 Å². The Morgan fingerprint density at radius 2 is 1.00 bits per heavy atom. The summed E-state index contributed by atoms with van der Waals surface area (Å²) in [5.41, 5.74) is 0. The van der Waals surface area contributed by atoms with Gasteiger partial charge in [-0.25, -0.2) is 0 Å². The smallest absolute Gasteiger partial charge is 0.0698 e. The number of aliphatic hydroxyl groups is 2. The fourth-order valence-electron chi connectivity index (χ4n) is 0.398. The van der Waals surface area contributed by atoms with Crippen LogP contribution < -0.4 is 0 Å². The number of hydrogen-bond acceptors (Lipinski definition) is 6. The van der Waals surface area contributed by atoms with Crippen LogP contribution in [0.5, 0.6) is 0 Å². The molecule has 0 aromatic heterocycles. The first-order chi connectivity index (χ1) is 7.74. The van der Waals surface area contributed by atoms with Crippen LogP contribution in [0.3, 0.4) is 0 Å². The SMILES string of the molecule is COC.COCCOC.OCCOCCO. The van der Waals surface area contributed by atoms with Crippen molar-refractivity contribution < 1.29 is 29.2 Å². The van der Waals surface area contributed by atoms with E-state index in [1.54, 1.807) is 28.4 Å². The highest BCUT2D eigenvalue weighted by Gasteiger charge is 1.79. The van der Waals surface area contributed by atoms with E-state index in [0.717, 1.165) is 0 Å². The van der Waals surface area contributed by atoms with Crippen LogP contribution in [0.1, 0.15) is 0 Å². The van der Waals surface area contributed by atoms with E-state index in [9.17, 15) is 0 Å². The molecule has 0 aliphatic heterocycles. The van der Waals surface area contributed by atoms with E-state index in [-0.39, 0.29) is 13.2 Å². The molecule has 0 saturated carbocycles. The second kappa shape index (κ2) is 29.3. The maximum Gasteiger partial charge on any atom is 0.0698 e. The number of methoxy groups -OCH3 is 3. The molecule has 0 aromatic carbocycles. The van der Waals surface area contributed by atoms with Gasteiger partial charge in [0, 0.05) is 28.4 Å². The van der Waals surface area contributed by atoms with Gasteiger partial charge in [0.1, 0.15) is 0 Å². The van der Waals surface area contributed by atoms with E-state index >= 15 is 0 Å². The molecule has 0 radical (unpaired) electrons. The maximum atomic E-state index is 8.09. The van der Waals surface area contributed by atoms with Crippen molar-refractivity contribution in [3.63, 3.8) is 0 Å². The van der Waals surface area contributed by atoms with E-state index in [0.29, 0.717) is 26.4 Å². The van der Waals surface area contributed by atoms with Gasteiger partial charge in [-0.1, -0.05) is 0 Å². The average molecular weight is 242 g/mol. The zero-order chi connectivity index (χ0) is 13.1. The molecule has 0 rings (SSSR count). The van der Waals surface area contributed by atoms with Crippen LogP contribution in [0.4, 0.5) is 0 Å². The molecule has 6 heteroatoms. The van der Waals surface area contributed by atoms with Gasteiger partial charge in [-0.2, -0.15) is 0 Å². The molecule has 0 aliphatic rings. The van der Waals surface area contributed by atoms with Gasteiger partial charge in [0.25, 0.3) is 0 Å². The minimum Gasteiger partial charge on any atom is -0.394 e. The summed E-state index contributed by atoms with van der Waals surface area (Å²) in [4.78, 5) is 0. The van der Waals surface area contributed by atoms with Gasteiger partial charge < -0.3 is 29.2 Å². The summed E-state index contributed by atoms with van der Waals surface area (Å²) in [6.45, 7) is 2.08. The zero-order valence-corrected chi connectivity index (χ0v) is 10.8. The highest BCUT2D eigenvalue weighted by molar-refractivity contribution is 4.24. The third-order valence-electron chi connectivity index (χ3n) is 0.963. The van der Waals surface area contributed by atoms with Crippen LogP contribution in [0, 0.1) is 0 Å². The van der Waals surface area contributed by atoms with Crippen LogP contribution in [-0.4, -0.2) is 78.3 Å². The predicted molar refractivity (Wildman–Crippen MR) is 61.7 cm³/mol. The Bertz CT molecular complexity index is 73.7. The number of aliphatic hydroxyl groups excluding tert-OH is 2. The van der Waals surface area contributed by atoms with Crippen LogP contribution in [-0.2, 0) is 18.9 Å². The van der Waals surface area contributed by atoms with Crippen LogP contribution in [0.15, 0.2) is 0 Å². The lowest BCUT2D eigenvalue weighted by atomic mass is 10.7. The van der Waals surface area contributed by atoms with Crippen molar-refractivity contribution >= 4 is 0 Å². The summed E-state index contributed by atoms with van der Waals surface area (Å²) in [5.74, 6) is 0. The van der Waals surface area contributed by atoms with E-state index in [1.807, 2.05) is 0 Å².